The van der Waals surface area contributed by atoms with Gasteiger partial charge in [-0.2, -0.15) is 0 Å². The molecule has 2 heterocycles. The maximum Gasteiger partial charge on any atom is 0.261 e. The first-order chi connectivity index (χ1) is 12.0. The Morgan fingerprint density at radius 2 is 2.00 bits per heavy atom. The molecule has 0 unspecified atom stereocenters. The highest BCUT2D eigenvalue weighted by Gasteiger charge is 2.12. The van der Waals surface area contributed by atoms with Crippen molar-refractivity contribution in [3.8, 4) is 11.6 Å². The minimum atomic E-state index is -0.526. The lowest BCUT2D eigenvalue weighted by Gasteiger charge is -2.10. The first-order valence-corrected chi connectivity index (χ1v) is 7.66. The lowest BCUT2D eigenvalue weighted by atomic mass is 9.98. The van der Waals surface area contributed by atoms with Gasteiger partial charge in [0.25, 0.3) is 5.56 Å². The van der Waals surface area contributed by atoms with Crippen LogP contribution in [0.25, 0.3) is 28.8 Å². The average Bonchev–Trinajstić information content (AvgIpc) is 2.55. The van der Waals surface area contributed by atoms with Gasteiger partial charge in [-0.05, 0) is 28.5 Å². The van der Waals surface area contributed by atoms with Gasteiger partial charge in [-0.25, -0.2) is 0 Å². The summed E-state index contributed by atoms with van der Waals surface area (Å²) in [4.78, 5) is 18.4. The molecule has 25 heavy (non-hydrogen) atoms. The van der Waals surface area contributed by atoms with E-state index in [4.69, 9.17) is 0 Å². The van der Waals surface area contributed by atoms with Crippen molar-refractivity contribution in [1.29, 1.82) is 0 Å². The Morgan fingerprint density at radius 3 is 2.84 bits per heavy atom. The molecule has 0 aliphatic heterocycles. The lowest BCUT2D eigenvalue weighted by Crippen LogP contribution is -2.43. The number of aromatic hydroxyl groups is 2. The number of aliphatic hydroxyl groups is 1. The zero-order chi connectivity index (χ0) is 17.6. The van der Waals surface area contributed by atoms with Gasteiger partial charge in [-0.15, -0.1) is 0 Å². The van der Waals surface area contributed by atoms with E-state index in [0.717, 1.165) is 16.5 Å². The number of aromatic amines is 1. The molecule has 4 N–H and O–H groups in total. The molecule has 6 nitrogen and oxygen atoms in total. The molecule has 0 saturated heterocycles. The monoisotopic (exact) mass is 334 g/mol. The van der Waals surface area contributed by atoms with Crippen molar-refractivity contribution in [3.05, 3.63) is 68.5 Å². The Labute approximate surface area is 141 Å². The van der Waals surface area contributed by atoms with Crippen LogP contribution in [0.5, 0.6) is 11.6 Å². The van der Waals surface area contributed by atoms with Crippen LogP contribution in [0.2, 0.25) is 0 Å². The third-order valence-electron chi connectivity index (χ3n) is 4.17. The van der Waals surface area contributed by atoms with Crippen molar-refractivity contribution in [1.82, 2.24) is 9.97 Å². The Morgan fingerprint density at radius 1 is 1.16 bits per heavy atom. The number of hydrogen-bond donors (Lipinski definition) is 4. The van der Waals surface area contributed by atoms with E-state index in [9.17, 15) is 20.1 Å². The average molecular weight is 334 g/mol. The fraction of sp³-hybridized carbons (Fsp3) is 0.0526. The van der Waals surface area contributed by atoms with Gasteiger partial charge >= 0.3 is 0 Å². The Kier molecular flexibility index (Phi) is 3.32. The highest BCUT2D eigenvalue weighted by Crippen LogP contribution is 2.27. The summed E-state index contributed by atoms with van der Waals surface area (Å²) in [6, 6.07) is 8.37. The van der Waals surface area contributed by atoms with E-state index in [1.165, 1.54) is 6.07 Å². The van der Waals surface area contributed by atoms with Crippen molar-refractivity contribution in [2.75, 3.05) is 0 Å². The van der Waals surface area contributed by atoms with Crippen LogP contribution in [-0.4, -0.2) is 25.3 Å². The summed E-state index contributed by atoms with van der Waals surface area (Å²) >= 11 is 0. The number of aromatic nitrogens is 2. The highest BCUT2D eigenvalue weighted by atomic mass is 16.3. The molecule has 2 aromatic heterocycles. The first kappa shape index (κ1) is 15.0. The molecule has 0 bridgehead atoms. The predicted octanol–water partition coefficient (Wildman–Crippen LogP) is 1.27. The fourth-order valence-electron chi connectivity index (χ4n) is 3.11. The molecule has 124 valence electrons. The summed E-state index contributed by atoms with van der Waals surface area (Å²) in [5, 5.41) is 31.2. The summed E-state index contributed by atoms with van der Waals surface area (Å²) in [6.45, 7) is 0. The van der Waals surface area contributed by atoms with Gasteiger partial charge in [0.2, 0.25) is 0 Å². The summed E-state index contributed by atoms with van der Waals surface area (Å²) in [6.07, 6.45) is 5.41. The maximum atomic E-state index is 11.9. The molecule has 0 radical (unpaired) electrons. The first-order valence-electron chi connectivity index (χ1n) is 7.66. The van der Waals surface area contributed by atoms with Crippen LogP contribution in [0.4, 0.5) is 0 Å². The smallest absolute Gasteiger partial charge is 0.261 e. The third-order valence-corrected chi connectivity index (χ3v) is 4.17. The van der Waals surface area contributed by atoms with Crippen LogP contribution in [-0.2, 0) is 0 Å². The summed E-state index contributed by atoms with van der Waals surface area (Å²) in [5.41, 5.74) is 1.57. The molecule has 4 rings (SSSR count). The second kappa shape index (κ2) is 5.52. The standard InChI is InChI=1S/C19H14N2O4/c22-14-3-1-2-13-11(4-5-20-18(13)14)6-10-7-12-9-16(24)21-19(25)17(12)15(23)8-10/h1-7,9,22-24H,8H2,(H,21,25). The molecule has 0 atom stereocenters. The van der Waals surface area contributed by atoms with Crippen LogP contribution in [0, 0.1) is 0 Å². The van der Waals surface area contributed by atoms with Crippen molar-refractivity contribution in [3.63, 3.8) is 0 Å². The van der Waals surface area contributed by atoms with Crippen LogP contribution in [0.3, 0.4) is 0 Å². The van der Waals surface area contributed by atoms with E-state index in [1.807, 2.05) is 18.2 Å². The van der Waals surface area contributed by atoms with Crippen molar-refractivity contribution in [2.45, 2.75) is 6.42 Å². The maximum absolute atomic E-state index is 11.9. The molecule has 1 aliphatic rings. The molecular formula is C19H14N2O4. The molecule has 3 aromatic rings. The zero-order valence-corrected chi connectivity index (χ0v) is 13.0. The predicted molar refractivity (Wildman–Crippen MR) is 94.5 cm³/mol. The largest absolute Gasteiger partial charge is 0.511 e. The fourth-order valence-corrected chi connectivity index (χ4v) is 3.11. The van der Waals surface area contributed by atoms with E-state index in [-0.39, 0.29) is 29.0 Å². The second-order valence-corrected chi connectivity index (χ2v) is 5.87. The van der Waals surface area contributed by atoms with Gasteiger partial charge < -0.3 is 15.3 Å². The Balaban J connectivity index is 1.94. The van der Waals surface area contributed by atoms with E-state index < -0.39 is 5.56 Å². The molecule has 0 amide bonds. The minimum Gasteiger partial charge on any atom is -0.511 e. The number of phenolic OH excluding ortho intramolecular Hbond substituents is 1. The van der Waals surface area contributed by atoms with Crippen LogP contribution in [0.1, 0.15) is 12.0 Å². The van der Waals surface area contributed by atoms with Gasteiger partial charge in [-0.1, -0.05) is 24.3 Å². The van der Waals surface area contributed by atoms with Gasteiger partial charge in [0.05, 0.1) is 5.22 Å². The van der Waals surface area contributed by atoms with Gasteiger partial charge in [0.15, 0.2) is 5.88 Å². The summed E-state index contributed by atoms with van der Waals surface area (Å²) in [7, 11) is 0. The number of para-hydroxylation sites is 1. The minimum absolute atomic E-state index is 0.0498. The number of nitrogens with zero attached hydrogens (tertiary/aromatic N) is 1. The summed E-state index contributed by atoms with van der Waals surface area (Å²) < 4.78 is 0. The van der Waals surface area contributed by atoms with Gasteiger partial charge in [0.1, 0.15) is 17.0 Å². The zero-order valence-electron chi connectivity index (χ0n) is 13.0. The SMILES string of the molecule is O=c1[nH]c(O)cc2c1=C(O)CC(=Cc1ccnc3c(O)cccc13)C=2. The number of H-pyrrole nitrogens is 1. The number of aliphatic hydroxyl groups excluding tert-OH is 1. The van der Waals surface area contributed by atoms with E-state index in [1.54, 1.807) is 24.4 Å². The molecule has 1 aliphatic carbocycles. The van der Waals surface area contributed by atoms with Crippen molar-refractivity contribution < 1.29 is 15.3 Å². The topological polar surface area (TPSA) is 106 Å². The molecule has 0 fully saturated rings. The van der Waals surface area contributed by atoms with E-state index in [0.29, 0.717) is 10.7 Å². The number of rotatable bonds is 1. The molecule has 6 heteroatoms. The van der Waals surface area contributed by atoms with Gasteiger partial charge in [0, 0.05) is 24.1 Å². The van der Waals surface area contributed by atoms with Crippen LogP contribution in [0.15, 0.2) is 46.9 Å². The number of pyridine rings is 2. The Bertz CT molecular complexity index is 1220. The van der Waals surface area contributed by atoms with E-state index in [2.05, 4.69) is 9.97 Å². The lowest BCUT2D eigenvalue weighted by molar-refractivity contribution is 0.449. The summed E-state index contributed by atoms with van der Waals surface area (Å²) in [5.74, 6) is -0.207. The van der Waals surface area contributed by atoms with E-state index >= 15 is 0 Å². The number of nitrogens with one attached hydrogen (secondary N) is 1. The normalized spacial score (nSPS) is 15.2. The molecule has 0 saturated carbocycles. The molecular weight excluding hydrogens is 320 g/mol. The molecule has 0 spiro atoms. The third kappa shape index (κ3) is 2.53. The number of benzene rings is 1. The Hall–Kier alpha value is -3.54. The number of phenols is 1. The van der Waals surface area contributed by atoms with Crippen LogP contribution < -0.4 is 16.0 Å². The van der Waals surface area contributed by atoms with Gasteiger partial charge in [-0.3, -0.25) is 14.8 Å². The molecule has 1 aromatic carbocycles. The van der Waals surface area contributed by atoms with Crippen molar-refractivity contribution in [2.24, 2.45) is 0 Å². The quantitative estimate of drug-likeness (QED) is 0.536. The number of hydrogen-bond acceptors (Lipinski definition) is 5. The number of fused-ring (bicyclic) bond motifs is 2. The highest BCUT2D eigenvalue weighted by molar-refractivity contribution is 5.92. The van der Waals surface area contributed by atoms with Crippen molar-refractivity contribution >= 4 is 28.8 Å². The second-order valence-electron chi connectivity index (χ2n) is 5.87. The van der Waals surface area contributed by atoms with Crippen LogP contribution >= 0.6 is 0 Å².